The van der Waals surface area contributed by atoms with Crippen molar-refractivity contribution in [3.05, 3.63) is 23.5 Å². The van der Waals surface area contributed by atoms with E-state index in [0.29, 0.717) is 12.4 Å². The van der Waals surface area contributed by atoms with Crippen molar-refractivity contribution in [1.29, 1.82) is 0 Å². The highest BCUT2D eigenvalue weighted by atomic mass is 19.1. The first-order chi connectivity index (χ1) is 5.27. The van der Waals surface area contributed by atoms with E-state index < -0.39 is 5.82 Å². The van der Waals surface area contributed by atoms with Crippen molar-refractivity contribution in [3.63, 3.8) is 0 Å². The van der Waals surface area contributed by atoms with E-state index in [1.54, 1.807) is 0 Å². The number of halogens is 1. The summed E-state index contributed by atoms with van der Waals surface area (Å²) in [6.07, 6.45) is 0.729. The monoisotopic (exact) mass is 154 g/mol. The highest BCUT2D eigenvalue weighted by molar-refractivity contribution is 5.43. The molecular formula is C8H7FO2. The van der Waals surface area contributed by atoms with Crippen LogP contribution in [0.25, 0.3) is 0 Å². The Hall–Kier alpha value is -1.25. The number of aromatic hydroxyl groups is 1. The van der Waals surface area contributed by atoms with E-state index in [1.165, 1.54) is 12.1 Å². The fourth-order valence-corrected chi connectivity index (χ4v) is 1.18. The molecule has 0 unspecified atom stereocenters. The van der Waals surface area contributed by atoms with Crippen LogP contribution < -0.4 is 4.74 Å². The van der Waals surface area contributed by atoms with E-state index in [1.807, 2.05) is 0 Å². The molecule has 58 valence electrons. The molecule has 1 N–H and O–H groups in total. The van der Waals surface area contributed by atoms with Crippen molar-refractivity contribution < 1.29 is 14.2 Å². The lowest BCUT2D eigenvalue weighted by Crippen LogP contribution is -1.85. The molecule has 0 aliphatic carbocycles. The maximum atomic E-state index is 12.7. The van der Waals surface area contributed by atoms with Crippen LogP contribution in [0.4, 0.5) is 4.39 Å². The second-order valence-corrected chi connectivity index (χ2v) is 2.51. The van der Waals surface area contributed by atoms with Gasteiger partial charge in [0.2, 0.25) is 0 Å². The lowest BCUT2D eigenvalue weighted by molar-refractivity contribution is 0.353. The predicted octanol–water partition coefficient (Wildman–Crippen LogP) is 1.47. The number of phenols is 1. The molecule has 0 saturated carbocycles. The number of hydrogen-bond acceptors (Lipinski definition) is 2. The molecule has 0 radical (unpaired) electrons. The standard InChI is InChI=1S/C8H7FO2/c9-6-3-5-1-2-11-8(5)4-7(6)10/h3-4,10H,1-2H2. The summed E-state index contributed by atoms with van der Waals surface area (Å²) in [5.41, 5.74) is 0.834. The largest absolute Gasteiger partial charge is 0.505 e. The number of fused-ring (bicyclic) bond motifs is 1. The molecule has 1 aliphatic heterocycles. The fraction of sp³-hybridized carbons (Fsp3) is 0.250. The maximum absolute atomic E-state index is 12.7. The Labute approximate surface area is 63.2 Å². The van der Waals surface area contributed by atoms with Crippen LogP contribution in [0.2, 0.25) is 0 Å². The lowest BCUT2D eigenvalue weighted by Gasteiger charge is -1.99. The molecule has 2 nitrogen and oxygen atoms in total. The van der Waals surface area contributed by atoms with Gasteiger partial charge in [0.25, 0.3) is 0 Å². The summed E-state index contributed by atoms with van der Waals surface area (Å²) in [6.45, 7) is 0.582. The van der Waals surface area contributed by atoms with Crippen LogP contribution in [0, 0.1) is 5.82 Å². The molecule has 0 fully saturated rings. The third kappa shape index (κ3) is 0.926. The predicted molar refractivity (Wildman–Crippen MR) is 37.3 cm³/mol. The number of benzene rings is 1. The van der Waals surface area contributed by atoms with Gasteiger partial charge in [-0.2, -0.15) is 0 Å². The quantitative estimate of drug-likeness (QED) is 0.613. The van der Waals surface area contributed by atoms with Gasteiger partial charge < -0.3 is 9.84 Å². The number of phenolic OH excluding ortho intramolecular Hbond substituents is 1. The Morgan fingerprint density at radius 2 is 2.27 bits per heavy atom. The van der Waals surface area contributed by atoms with Crippen LogP contribution in [0.3, 0.4) is 0 Å². The van der Waals surface area contributed by atoms with Crippen LogP contribution in [0.5, 0.6) is 11.5 Å². The Morgan fingerprint density at radius 1 is 1.45 bits per heavy atom. The summed E-state index contributed by atoms with van der Waals surface area (Å²) in [7, 11) is 0. The van der Waals surface area contributed by atoms with E-state index in [9.17, 15) is 4.39 Å². The third-order valence-corrected chi connectivity index (χ3v) is 1.76. The van der Waals surface area contributed by atoms with E-state index >= 15 is 0 Å². The second kappa shape index (κ2) is 2.12. The maximum Gasteiger partial charge on any atom is 0.165 e. The summed E-state index contributed by atoms with van der Waals surface area (Å²) in [5.74, 6) is -0.316. The van der Waals surface area contributed by atoms with Gasteiger partial charge in [0.05, 0.1) is 6.61 Å². The van der Waals surface area contributed by atoms with Crippen molar-refractivity contribution in [2.45, 2.75) is 6.42 Å². The highest BCUT2D eigenvalue weighted by Crippen LogP contribution is 2.30. The first-order valence-electron chi connectivity index (χ1n) is 3.41. The molecule has 0 bridgehead atoms. The van der Waals surface area contributed by atoms with Gasteiger partial charge in [-0.05, 0) is 6.07 Å². The zero-order valence-corrected chi connectivity index (χ0v) is 5.80. The minimum atomic E-state index is -0.575. The molecule has 0 amide bonds. The molecule has 1 aromatic carbocycles. The normalized spacial score (nSPS) is 14.3. The van der Waals surface area contributed by atoms with Gasteiger partial charge in [-0.1, -0.05) is 0 Å². The van der Waals surface area contributed by atoms with Gasteiger partial charge in [-0.3, -0.25) is 0 Å². The molecule has 0 aromatic heterocycles. The van der Waals surface area contributed by atoms with Crippen molar-refractivity contribution in [2.24, 2.45) is 0 Å². The molecule has 11 heavy (non-hydrogen) atoms. The lowest BCUT2D eigenvalue weighted by atomic mass is 10.1. The summed E-state index contributed by atoms with van der Waals surface area (Å²) < 4.78 is 17.8. The molecule has 1 heterocycles. The third-order valence-electron chi connectivity index (χ3n) is 1.76. The SMILES string of the molecule is Oc1cc2c(cc1F)CCO2. The fourth-order valence-electron chi connectivity index (χ4n) is 1.18. The Bertz CT molecular complexity index is 267. The van der Waals surface area contributed by atoms with Crippen molar-refractivity contribution in [3.8, 4) is 11.5 Å². The van der Waals surface area contributed by atoms with Gasteiger partial charge in [0.15, 0.2) is 11.6 Å². The smallest absolute Gasteiger partial charge is 0.165 e. The molecule has 2 rings (SSSR count). The van der Waals surface area contributed by atoms with Crippen molar-refractivity contribution in [1.82, 2.24) is 0 Å². The molecule has 1 aliphatic rings. The molecule has 0 spiro atoms. The van der Waals surface area contributed by atoms with Gasteiger partial charge >= 0.3 is 0 Å². The minimum absolute atomic E-state index is 0.342. The Kier molecular flexibility index (Phi) is 1.24. The summed E-state index contributed by atoms with van der Waals surface area (Å²) >= 11 is 0. The van der Waals surface area contributed by atoms with Crippen molar-refractivity contribution >= 4 is 0 Å². The highest BCUT2D eigenvalue weighted by Gasteiger charge is 2.14. The van der Waals surface area contributed by atoms with Crippen LogP contribution >= 0.6 is 0 Å². The van der Waals surface area contributed by atoms with Crippen LogP contribution in [0.15, 0.2) is 12.1 Å². The summed E-state index contributed by atoms with van der Waals surface area (Å²) in [5, 5.41) is 8.93. The number of rotatable bonds is 0. The van der Waals surface area contributed by atoms with Crippen LogP contribution in [0.1, 0.15) is 5.56 Å². The van der Waals surface area contributed by atoms with Gasteiger partial charge in [-0.25, -0.2) is 4.39 Å². The van der Waals surface area contributed by atoms with Gasteiger partial charge in [0.1, 0.15) is 5.75 Å². The van der Waals surface area contributed by atoms with Crippen LogP contribution in [-0.2, 0) is 6.42 Å². The van der Waals surface area contributed by atoms with E-state index in [0.717, 1.165) is 12.0 Å². The number of hydrogen-bond donors (Lipinski definition) is 1. The molecule has 0 atom stereocenters. The molecule has 1 aromatic rings. The van der Waals surface area contributed by atoms with Gasteiger partial charge in [-0.15, -0.1) is 0 Å². The Morgan fingerprint density at radius 3 is 3.09 bits per heavy atom. The first kappa shape index (κ1) is 6.46. The summed E-state index contributed by atoms with van der Waals surface area (Å²) in [6, 6.07) is 2.63. The average molecular weight is 154 g/mol. The van der Waals surface area contributed by atoms with E-state index in [4.69, 9.17) is 9.84 Å². The zero-order chi connectivity index (χ0) is 7.84. The molecular weight excluding hydrogens is 147 g/mol. The second-order valence-electron chi connectivity index (χ2n) is 2.51. The first-order valence-corrected chi connectivity index (χ1v) is 3.41. The Balaban J connectivity index is 2.57. The topological polar surface area (TPSA) is 29.5 Å². The van der Waals surface area contributed by atoms with E-state index in [-0.39, 0.29) is 5.75 Å². The van der Waals surface area contributed by atoms with Gasteiger partial charge in [0, 0.05) is 18.1 Å². The molecule has 0 saturated heterocycles. The number of ether oxygens (including phenoxy) is 1. The average Bonchev–Trinajstić information content (AvgIpc) is 2.36. The van der Waals surface area contributed by atoms with Crippen molar-refractivity contribution in [2.75, 3.05) is 6.61 Å². The minimum Gasteiger partial charge on any atom is -0.505 e. The molecule has 3 heteroatoms. The zero-order valence-electron chi connectivity index (χ0n) is 5.80. The summed E-state index contributed by atoms with van der Waals surface area (Å²) in [4.78, 5) is 0. The van der Waals surface area contributed by atoms with Crippen LogP contribution in [-0.4, -0.2) is 11.7 Å². The van der Waals surface area contributed by atoms with E-state index in [2.05, 4.69) is 0 Å².